The molecule has 1 aromatic rings. The number of amides is 1. The summed E-state index contributed by atoms with van der Waals surface area (Å²) in [5, 5.41) is 12.9. The third kappa shape index (κ3) is 5.59. The molecular formula is C18H27FN2O2. The number of benzene rings is 1. The maximum Gasteiger partial charge on any atom is 0.234 e. The molecule has 1 aliphatic carbocycles. The van der Waals surface area contributed by atoms with Gasteiger partial charge in [0.1, 0.15) is 5.82 Å². The standard InChI is InChI=1S/C18H27FN2O2/c1-13(14-7-9-16(19)10-8-14)20-18(23)12-21(2)11-15-5-3-4-6-17(15)22/h7-10,13,15,17,22H,3-6,11-12H2,1-2H3,(H,20,23). The zero-order valence-corrected chi connectivity index (χ0v) is 14.0. The van der Waals surface area contributed by atoms with Crippen molar-refractivity contribution in [3.05, 3.63) is 35.6 Å². The Kier molecular flexibility index (Phi) is 6.54. The molecule has 23 heavy (non-hydrogen) atoms. The Bertz CT molecular complexity index is 506. The van der Waals surface area contributed by atoms with E-state index in [4.69, 9.17) is 0 Å². The zero-order chi connectivity index (χ0) is 16.8. The molecule has 1 amide bonds. The largest absolute Gasteiger partial charge is 0.393 e. The molecule has 2 N–H and O–H groups in total. The number of aliphatic hydroxyl groups is 1. The Labute approximate surface area is 137 Å². The number of hydrogen-bond acceptors (Lipinski definition) is 3. The number of likely N-dealkylation sites (N-methyl/N-ethyl adjacent to an activating group) is 1. The summed E-state index contributed by atoms with van der Waals surface area (Å²) in [6.07, 6.45) is 3.90. The van der Waals surface area contributed by atoms with E-state index in [-0.39, 0.29) is 29.8 Å². The minimum Gasteiger partial charge on any atom is -0.393 e. The lowest BCUT2D eigenvalue weighted by molar-refractivity contribution is -0.122. The van der Waals surface area contributed by atoms with Gasteiger partial charge in [-0.05, 0) is 50.4 Å². The molecule has 3 unspecified atom stereocenters. The van der Waals surface area contributed by atoms with E-state index in [1.807, 2.05) is 18.9 Å². The molecule has 128 valence electrons. The van der Waals surface area contributed by atoms with E-state index in [1.165, 1.54) is 12.1 Å². The molecule has 0 radical (unpaired) electrons. The van der Waals surface area contributed by atoms with Crippen LogP contribution >= 0.6 is 0 Å². The summed E-state index contributed by atoms with van der Waals surface area (Å²) in [6, 6.07) is 6.00. The second kappa shape index (κ2) is 8.41. The van der Waals surface area contributed by atoms with Gasteiger partial charge in [-0.3, -0.25) is 9.69 Å². The van der Waals surface area contributed by atoms with Gasteiger partial charge in [-0.1, -0.05) is 25.0 Å². The van der Waals surface area contributed by atoms with Crippen LogP contribution in [-0.4, -0.2) is 42.2 Å². The van der Waals surface area contributed by atoms with Gasteiger partial charge in [0.15, 0.2) is 0 Å². The maximum atomic E-state index is 12.9. The molecule has 0 bridgehead atoms. The summed E-state index contributed by atoms with van der Waals surface area (Å²) in [5.41, 5.74) is 0.880. The lowest BCUT2D eigenvalue weighted by atomic mass is 9.86. The number of nitrogens with one attached hydrogen (secondary N) is 1. The van der Waals surface area contributed by atoms with E-state index >= 15 is 0 Å². The number of halogens is 1. The van der Waals surface area contributed by atoms with Crippen molar-refractivity contribution in [2.75, 3.05) is 20.1 Å². The van der Waals surface area contributed by atoms with Crippen LogP contribution in [0.5, 0.6) is 0 Å². The minimum absolute atomic E-state index is 0.0605. The number of carbonyl (C=O) groups is 1. The molecule has 1 aliphatic rings. The van der Waals surface area contributed by atoms with E-state index in [0.717, 1.165) is 37.8 Å². The van der Waals surface area contributed by atoms with Crippen molar-refractivity contribution in [3.8, 4) is 0 Å². The van der Waals surface area contributed by atoms with Crippen LogP contribution in [0.3, 0.4) is 0 Å². The van der Waals surface area contributed by atoms with Gasteiger partial charge < -0.3 is 10.4 Å². The molecule has 0 heterocycles. The molecule has 0 aromatic heterocycles. The summed E-state index contributed by atoms with van der Waals surface area (Å²) < 4.78 is 12.9. The van der Waals surface area contributed by atoms with Crippen LogP contribution in [0.25, 0.3) is 0 Å². The van der Waals surface area contributed by atoms with Crippen LogP contribution in [0.1, 0.15) is 44.2 Å². The first-order valence-electron chi connectivity index (χ1n) is 8.37. The summed E-state index contributed by atoms with van der Waals surface area (Å²) in [5.74, 6) is -0.0799. The highest BCUT2D eigenvalue weighted by molar-refractivity contribution is 5.78. The quantitative estimate of drug-likeness (QED) is 0.846. The van der Waals surface area contributed by atoms with Crippen LogP contribution < -0.4 is 5.32 Å². The molecule has 0 aliphatic heterocycles. The van der Waals surface area contributed by atoms with Gasteiger partial charge in [-0.25, -0.2) is 4.39 Å². The molecular weight excluding hydrogens is 295 g/mol. The Morgan fingerprint density at radius 1 is 1.35 bits per heavy atom. The van der Waals surface area contributed by atoms with Crippen molar-refractivity contribution in [1.29, 1.82) is 0 Å². The van der Waals surface area contributed by atoms with Crippen molar-refractivity contribution in [1.82, 2.24) is 10.2 Å². The fraction of sp³-hybridized carbons (Fsp3) is 0.611. The molecule has 2 rings (SSSR count). The molecule has 4 nitrogen and oxygen atoms in total. The molecule has 0 saturated heterocycles. The predicted molar refractivity (Wildman–Crippen MR) is 88.4 cm³/mol. The summed E-state index contributed by atoms with van der Waals surface area (Å²) >= 11 is 0. The first-order valence-corrected chi connectivity index (χ1v) is 8.37. The first-order chi connectivity index (χ1) is 11.0. The van der Waals surface area contributed by atoms with Crippen molar-refractivity contribution in [2.45, 2.75) is 44.8 Å². The third-order valence-electron chi connectivity index (χ3n) is 4.58. The average Bonchev–Trinajstić information content (AvgIpc) is 2.50. The first kappa shape index (κ1) is 17.9. The Morgan fingerprint density at radius 2 is 2.00 bits per heavy atom. The van der Waals surface area contributed by atoms with Crippen LogP contribution in [0, 0.1) is 11.7 Å². The smallest absolute Gasteiger partial charge is 0.234 e. The lowest BCUT2D eigenvalue weighted by Gasteiger charge is -2.31. The predicted octanol–water partition coefficient (Wildman–Crippen LogP) is 2.49. The second-order valence-electron chi connectivity index (χ2n) is 6.65. The Morgan fingerprint density at radius 3 is 2.65 bits per heavy atom. The van der Waals surface area contributed by atoms with Gasteiger partial charge in [0, 0.05) is 6.54 Å². The second-order valence-corrected chi connectivity index (χ2v) is 6.65. The summed E-state index contributed by atoms with van der Waals surface area (Å²) in [7, 11) is 1.91. The van der Waals surface area contributed by atoms with Crippen LogP contribution in [-0.2, 0) is 4.79 Å². The van der Waals surface area contributed by atoms with E-state index in [2.05, 4.69) is 5.32 Å². The van der Waals surface area contributed by atoms with E-state index in [1.54, 1.807) is 12.1 Å². The average molecular weight is 322 g/mol. The van der Waals surface area contributed by atoms with Gasteiger partial charge in [0.25, 0.3) is 0 Å². The van der Waals surface area contributed by atoms with Gasteiger partial charge in [-0.15, -0.1) is 0 Å². The topological polar surface area (TPSA) is 52.6 Å². The summed E-state index contributed by atoms with van der Waals surface area (Å²) in [6.45, 7) is 2.92. The number of rotatable bonds is 6. The minimum atomic E-state index is -0.280. The van der Waals surface area contributed by atoms with Crippen LogP contribution in [0.2, 0.25) is 0 Å². The van der Waals surface area contributed by atoms with E-state index < -0.39 is 0 Å². The van der Waals surface area contributed by atoms with E-state index in [9.17, 15) is 14.3 Å². The van der Waals surface area contributed by atoms with Crippen LogP contribution in [0.15, 0.2) is 24.3 Å². The fourth-order valence-corrected chi connectivity index (χ4v) is 3.23. The van der Waals surface area contributed by atoms with Crippen molar-refractivity contribution in [2.24, 2.45) is 5.92 Å². The normalized spacial score (nSPS) is 22.8. The fourth-order valence-electron chi connectivity index (χ4n) is 3.23. The van der Waals surface area contributed by atoms with Gasteiger partial charge in [-0.2, -0.15) is 0 Å². The Balaban J connectivity index is 1.78. The summed E-state index contributed by atoms with van der Waals surface area (Å²) in [4.78, 5) is 14.1. The number of aliphatic hydroxyl groups excluding tert-OH is 1. The SMILES string of the molecule is CC(NC(=O)CN(C)CC1CCCCC1O)c1ccc(F)cc1. The van der Waals surface area contributed by atoms with Gasteiger partial charge in [0.2, 0.25) is 5.91 Å². The number of nitrogens with zero attached hydrogens (tertiary/aromatic N) is 1. The molecule has 3 atom stereocenters. The van der Waals surface area contributed by atoms with Crippen LogP contribution in [0.4, 0.5) is 4.39 Å². The zero-order valence-electron chi connectivity index (χ0n) is 14.0. The van der Waals surface area contributed by atoms with E-state index in [0.29, 0.717) is 6.54 Å². The van der Waals surface area contributed by atoms with Crippen molar-refractivity contribution < 1.29 is 14.3 Å². The van der Waals surface area contributed by atoms with Gasteiger partial charge >= 0.3 is 0 Å². The molecule has 1 aromatic carbocycles. The molecule has 0 spiro atoms. The number of carbonyl (C=O) groups excluding carboxylic acids is 1. The number of hydrogen-bond donors (Lipinski definition) is 2. The monoisotopic (exact) mass is 322 g/mol. The highest BCUT2D eigenvalue weighted by atomic mass is 19.1. The van der Waals surface area contributed by atoms with Crippen molar-refractivity contribution >= 4 is 5.91 Å². The van der Waals surface area contributed by atoms with Crippen molar-refractivity contribution in [3.63, 3.8) is 0 Å². The van der Waals surface area contributed by atoms with Gasteiger partial charge in [0.05, 0.1) is 18.7 Å². The molecule has 1 fully saturated rings. The Hall–Kier alpha value is -1.46. The molecule has 5 heteroatoms. The maximum absolute atomic E-state index is 12.9. The third-order valence-corrected chi connectivity index (χ3v) is 4.58. The molecule has 1 saturated carbocycles. The highest BCUT2D eigenvalue weighted by Crippen LogP contribution is 2.24. The highest BCUT2D eigenvalue weighted by Gasteiger charge is 2.24. The lowest BCUT2D eigenvalue weighted by Crippen LogP contribution is -2.41.